The fourth-order valence-corrected chi connectivity index (χ4v) is 5.31. The first-order chi connectivity index (χ1) is 12.6. The highest BCUT2D eigenvalue weighted by atomic mass is 127. The number of aliphatic imine (C=N–C) groups is 1. The number of amides is 1. The number of fused-ring (bicyclic) bond motifs is 5. The number of ether oxygens (including phenoxy) is 1. The lowest BCUT2D eigenvalue weighted by Crippen LogP contribution is -2.44. The van der Waals surface area contributed by atoms with Crippen LogP contribution in [-0.4, -0.2) is 74.1 Å². The maximum absolute atomic E-state index is 12.0. The standard InChI is InChI=1S/C20H34N4O2.HI/c1-23(2)19(25)11-22-20(21-10-14-6-4-3-5-7-14)24-12-15-16(13-24)18-9-8-17(15)26-18;/h14-18H,3-13H2,1-2H3,(H,21,22);1H. The molecule has 1 saturated carbocycles. The third kappa shape index (κ3) is 4.71. The van der Waals surface area contributed by atoms with E-state index in [2.05, 4.69) is 10.2 Å². The van der Waals surface area contributed by atoms with Crippen LogP contribution in [0.2, 0.25) is 0 Å². The number of hydrogen-bond acceptors (Lipinski definition) is 3. The molecule has 3 saturated heterocycles. The van der Waals surface area contributed by atoms with Crippen molar-refractivity contribution < 1.29 is 9.53 Å². The number of rotatable bonds is 4. The van der Waals surface area contributed by atoms with E-state index in [4.69, 9.17) is 9.73 Å². The van der Waals surface area contributed by atoms with Gasteiger partial charge in [0.15, 0.2) is 5.96 Å². The van der Waals surface area contributed by atoms with Crippen molar-refractivity contribution in [3.05, 3.63) is 0 Å². The van der Waals surface area contributed by atoms with Crippen molar-refractivity contribution in [1.29, 1.82) is 0 Å². The van der Waals surface area contributed by atoms with E-state index in [1.165, 1.54) is 44.9 Å². The quantitative estimate of drug-likeness (QED) is 0.374. The fraction of sp³-hybridized carbons (Fsp3) is 0.900. The molecule has 2 bridgehead atoms. The fourth-order valence-electron chi connectivity index (χ4n) is 5.31. The molecular formula is C20H35IN4O2. The van der Waals surface area contributed by atoms with Gasteiger partial charge in [-0.25, -0.2) is 4.99 Å². The van der Waals surface area contributed by atoms with Crippen LogP contribution in [-0.2, 0) is 9.53 Å². The summed E-state index contributed by atoms with van der Waals surface area (Å²) < 4.78 is 6.10. The van der Waals surface area contributed by atoms with Gasteiger partial charge >= 0.3 is 0 Å². The molecule has 0 aromatic carbocycles. The monoisotopic (exact) mass is 490 g/mol. The number of nitrogens with one attached hydrogen (secondary N) is 1. The Kier molecular flexibility index (Phi) is 7.27. The third-order valence-electron chi connectivity index (χ3n) is 6.89. The first-order valence-corrected chi connectivity index (χ1v) is 10.5. The molecule has 6 nitrogen and oxygen atoms in total. The maximum atomic E-state index is 12.0. The van der Waals surface area contributed by atoms with E-state index in [0.29, 0.717) is 24.0 Å². The van der Waals surface area contributed by atoms with Gasteiger partial charge in [-0.15, -0.1) is 24.0 Å². The van der Waals surface area contributed by atoms with Crippen molar-refractivity contribution in [3.63, 3.8) is 0 Å². The Bertz CT molecular complexity index is 532. The van der Waals surface area contributed by atoms with Crippen LogP contribution in [0.5, 0.6) is 0 Å². The number of hydrogen-bond donors (Lipinski definition) is 1. The van der Waals surface area contributed by atoms with Gasteiger partial charge in [0.2, 0.25) is 5.91 Å². The van der Waals surface area contributed by atoms with Crippen LogP contribution in [0.3, 0.4) is 0 Å². The van der Waals surface area contributed by atoms with E-state index in [-0.39, 0.29) is 36.4 Å². The minimum Gasteiger partial charge on any atom is -0.374 e. The number of carbonyl (C=O) groups excluding carboxylic acids is 1. The summed E-state index contributed by atoms with van der Waals surface area (Å²) in [5, 5.41) is 3.63. The highest BCUT2D eigenvalue weighted by Gasteiger charge is 2.53. The minimum absolute atomic E-state index is 0. The second-order valence-corrected chi connectivity index (χ2v) is 8.84. The molecule has 7 heteroatoms. The SMILES string of the molecule is CN(C)C(=O)CN=C(NCC1CCCCC1)N1CC2C3CCC(O3)C2C1.I. The number of guanidine groups is 1. The highest BCUT2D eigenvalue weighted by Crippen LogP contribution is 2.47. The van der Waals surface area contributed by atoms with Crippen LogP contribution in [0.15, 0.2) is 4.99 Å². The molecular weight excluding hydrogens is 455 g/mol. The zero-order chi connectivity index (χ0) is 18.1. The van der Waals surface area contributed by atoms with Crippen molar-refractivity contribution in [2.75, 3.05) is 40.3 Å². The van der Waals surface area contributed by atoms with Crippen molar-refractivity contribution in [2.24, 2.45) is 22.7 Å². The van der Waals surface area contributed by atoms with Gasteiger partial charge in [-0.1, -0.05) is 19.3 Å². The Balaban J connectivity index is 0.00000210. The molecule has 4 fully saturated rings. The molecule has 3 aliphatic heterocycles. The van der Waals surface area contributed by atoms with E-state index in [1.807, 2.05) is 0 Å². The lowest BCUT2D eigenvalue weighted by Gasteiger charge is -2.27. The molecule has 27 heavy (non-hydrogen) atoms. The summed E-state index contributed by atoms with van der Waals surface area (Å²) in [6.07, 6.45) is 10.1. The lowest BCUT2D eigenvalue weighted by molar-refractivity contribution is -0.127. The van der Waals surface area contributed by atoms with Crippen LogP contribution >= 0.6 is 24.0 Å². The summed E-state index contributed by atoms with van der Waals surface area (Å²) in [5.41, 5.74) is 0. The van der Waals surface area contributed by atoms with E-state index in [9.17, 15) is 4.79 Å². The Morgan fingerprint density at radius 1 is 1.07 bits per heavy atom. The van der Waals surface area contributed by atoms with Gasteiger partial charge < -0.3 is 19.9 Å². The van der Waals surface area contributed by atoms with Crippen LogP contribution in [0.25, 0.3) is 0 Å². The lowest BCUT2D eigenvalue weighted by atomic mass is 9.82. The molecule has 0 aromatic rings. The topological polar surface area (TPSA) is 57.2 Å². The number of likely N-dealkylation sites (tertiary alicyclic amines) is 1. The van der Waals surface area contributed by atoms with Crippen LogP contribution in [0.4, 0.5) is 0 Å². The van der Waals surface area contributed by atoms with Gasteiger partial charge in [-0.05, 0) is 31.6 Å². The summed E-state index contributed by atoms with van der Waals surface area (Å²) in [6.45, 7) is 3.27. The van der Waals surface area contributed by atoms with Crippen LogP contribution < -0.4 is 5.32 Å². The Labute approximate surface area is 180 Å². The van der Waals surface area contributed by atoms with Crippen molar-refractivity contribution >= 4 is 35.8 Å². The van der Waals surface area contributed by atoms with Crippen molar-refractivity contribution in [3.8, 4) is 0 Å². The number of nitrogens with zero attached hydrogens (tertiary/aromatic N) is 3. The van der Waals surface area contributed by atoms with E-state index < -0.39 is 0 Å². The average Bonchev–Trinajstić information content (AvgIpc) is 3.35. The molecule has 0 radical (unpaired) electrons. The average molecular weight is 490 g/mol. The summed E-state index contributed by atoms with van der Waals surface area (Å²) in [6, 6.07) is 0. The van der Waals surface area contributed by atoms with E-state index >= 15 is 0 Å². The molecule has 154 valence electrons. The molecule has 0 spiro atoms. The summed E-state index contributed by atoms with van der Waals surface area (Å²) in [4.78, 5) is 20.8. The summed E-state index contributed by atoms with van der Waals surface area (Å²) in [5.74, 6) is 3.06. The Morgan fingerprint density at radius 2 is 1.70 bits per heavy atom. The summed E-state index contributed by atoms with van der Waals surface area (Å²) in [7, 11) is 3.59. The minimum atomic E-state index is 0. The molecule has 1 N–H and O–H groups in total. The van der Waals surface area contributed by atoms with Gasteiger partial charge in [0.1, 0.15) is 6.54 Å². The van der Waals surface area contributed by atoms with E-state index in [0.717, 1.165) is 31.5 Å². The number of halogens is 1. The number of likely N-dealkylation sites (N-methyl/N-ethyl adjacent to an activating group) is 1. The Hall–Kier alpha value is -0.570. The van der Waals surface area contributed by atoms with Gasteiger partial charge in [0.25, 0.3) is 0 Å². The largest absolute Gasteiger partial charge is 0.374 e. The zero-order valence-electron chi connectivity index (χ0n) is 16.7. The van der Waals surface area contributed by atoms with Gasteiger partial charge in [0.05, 0.1) is 12.2 Å². The first-order valence-electron chi connectivity index (χ1n) is 10.5. The first kappa shape index (κ1) is 21.1. The van der Waals surface area contributed by atoms with Gasteiger partial charge in [-0.2, -0.15) is 0 Å². The predicted molar refractivity (Wildman–Crippen MR) is 117 cm³/mol. The Morgan fingerprint density at radius 3 is 2.30 bits per heavy atom. The molecule has 4 aliphatic rings. The van der Waals surface area contributed by atoms with E-state index in [1.54, 1.807) is 19.0 Å². The highest BCUT2D eigenvalue weighted by molar-refractivity contribution is 14.0. The van der Waals surface area contributed by atoms with Crippen molar-refractivity contribution in [1.82, 2.24) is 15.1 Å². The molecule has 4 atom stereocenters. The molecule has 4 unspecified atom stereocenters. The molecule has 4 rings (SSSR count). The smallest absolute Gasteiger partial charge is 0.243 e. The second kappa shape index (κ2) is 9.29. The van der Waals surface area contributed by atoms with Gasteiger partial charge in [-0.3, -0.25) is 4.79 Å². The molecule has 1 aliphatic carbocycles. The molecule has 0 aromatic heterocycles. The van der Waals surface area contributed by atoms with Gasteiger partial charge in [0, 0.05) is 45.6 Å². The predicted octanol–water partition coefficient (Wildman–Crippen LogP) is 2.33. The molecule has 1 amide bonds. The third-order valence-corrected chi connectivity index (χ3v) is 6.89. The van der Waals surface area contributed by atoms with Crippen LogP contribution in [0.1, 0.15) is 44.9 Å². The number of carbonyl (C=O) groups is 1. The van der Waals surface area contributed by atoms with Crippen LogP contribution in [0, 0.1) is 17.8 Å². The normalized spacial score (nSPS) is 33.0. The zero-order valence-corrected chi connectivity index (χ0v) is 19.1. The maximum Gasteiger partial charge on any atom is 0.243 e. The molecule has 3 heterocycles. The van der Waals surface area contributed by atoms with Crippen molar-refractivity contribution in [2.45, 2.75) is 57.2 Å². The second-order valence-electron chi connectivity index (χ2n) is 8.84. The summed E-state index contributed by atoms with van der Waals surface area (Å²) >= 11 is 0.